The first-order chi connectivity index (χ1) is 12.5. The molecule has 0 unspecified atom stereocenters. The lowest BCUT2D eigenvalue weighted by molar-refractivity contribution is -0.116. The Balaban J connectivity index is 1.63. The minimum absolute atomic E-state index is 0.169. The fourth-order valence-corrected chi connectivity index (χ4v) is 4.04. The van der Waals surface area contributed by atoms with Gasteiger partial charge in [0.2, 0.25) is 17.6 Å². The number of hydrogen-bond donors (Lipinski definition) is 1. The van der Waals surface area contributed by atoms with E-state index >= 15 is 0 Å². The predicted molar refractivity (Wildman–Crippen MR) is 99.7 cm³/mol. The summed E-state index contributed by atoms with van der Waals surface area (Å²) in [6.07, 6.45) is 0.488. The summed E-state index contributed by atoms with van der Waals surface area (Å²) in [5.74, 6) is 0.221. The molecule has 9 heteroatoms. The number of aryl methyl sites for hydroxylation is 2. The molecule has 0 aliphatic carbocycles. The van der Waals surface area contributed by atoms with Crippen LogP contribution in [0.25, 0.3) is 11.4 Å². The minimum Gasteiger partial charge on any atom is -0.465 e. The molecule has 0 saturated carbocycles. The van der Waals surface area contributed by atoms with Crippen LogP contribution in [0.2, 0.25) is 0 Å². The lowest BCUT2D eigenvalue weighted by Crippen LogP contribution is -2.14. The molecule has 0 fully saturated rings. The van der Waals surface area contributed by atoms with E-state index in [2.05, 4.69) is 15.5 Å². The molecule has 26 heavy (non-hydrogen) atoms. The van der Waals surface area contributed by atoms with Crippen molar-refractivity contribution in [1.29, 1.82) is 0 Å². The van der Waals surface area contributed by atoms with Gasteiger partial charge in [0.1, 0.15) is 5.00 Å². The number of nitrogens with one attached hydrogen (secondary N) is 1. The maximum absolute atomic E-state index is 12.3. The van der Waals surface area contributed by atoms with Crippen molar-refractivity contribution in [2.75, 3.05) is 12.4 Å². The Bertz CT molecular complexity index is 928. The van der Waals surface area contributed by atoms with E-state index in [1.807, 2.05) is 30.7 Å². The van der Waals surface area contributed by atoms with Crippen molar-refractivity contribution in [2.24, 2.45) is 0 Å². The summed E-state index contributed by atoms with van der Waals surface area (Å²) < 4.78 is 9.99. The van der Waals surface area contributed by atoms with Gasteiger partial charge in [0, 0.05) is 28.7 Å². The molecule has 0 atom stereocenters. The number of carbonyl (C=O) groups is 2. The van der Waals surface area contributed by atoms with Crippen molar-refractivity contribution >= 4 is 39.6 Å². The lowest BCUT2D eigenvalue weighted by Gasteiger charge is -2.05. The van der Waals surface area contributed by atoms with E-state index < -0.39 is 5.97 Å². The largest absolute Gasteiger partial charge is 0.465 e. The molecule has 3 rings (SSSR count). The highest BCUT2D eigenvalue weighted by atomic mass is 32.1. The Labute approximate surface area is 158 Å². The summed E-state index contributed by atoms with van der Waals surface area (Å²) in [5.41, 5.74) is 2.11. The summed E-state index contributed by atoms with van der Waals surface area (Å²) >= 11 is 2.90. The molecular formula is C17H17N3O4S2. The smallest absolute Gasteiger partial charge is 0.341 e. The molecular weight excluding hydrogens is 374 g/mol. The highest BCUT2D eigenvalue weighted by Gasteiger charge is 2.21. The van der Waals surface area contributed by atoms with E-state index in [0.29, 0.717) is 28.7 Å². The summed E-state index contributed by atoms with van der Waals surface area (Å²) in [6, 6.07) is 1.90. The minimum atomic E-state index is -0.459. The van der Waals surface area contributed by atoms with E-state index in [1.165, 1.54) is 18.4 Å². The summed E-state index contributed by atoms with van der Waals surface area (Å²) in [7, 11) is 1.32. The monoisotopic (exact) mass is 391 g/mol. The first-order valence-corrected chi connectivity index (χ1v) is 9.58. The van der Waals surface area contributed by atoms with Crippen LogP contribution in [0, 0.1) is 13.8 Å². The predicted octanol–water partition coefficient (Wildman–Crippen LogP) is 3.83. The van der Waals surface area contributed by atoms with Crippen molar-refractivity contribution in [3.8, 4) is 11.4 Å². The number of ether oxygens (including phenoxy) is 1. The van der Waals surface area contributed by atoms with Crippen LogP contribution in [-0.2, 0) is 16.0 Å². The normalized spacial score (nSPS) is 10.7. The van der Waals surface area contributed by atoms with Crippen molar-refractivity contribution < 1.29 is 18.8 Å². The second kappa shape index (κ2) is 7.79. The average Bonchev–Trinajstić information content (AvgIpc) is 3.34. The first-order valence-electron chi connectivity index (χ1n) is 7.83. The van der Waals surface area contributed by atoms with Gasteiger partial charge in [-0.3, -0.25) is 4.79 Å². The molecule has 1 amide bonds. The zero-order chi connectivity index (χ0) is 18.7. The third-order valence-corrected chi connectivity index (χ3v) is 5.65. The number of esters is 1. The second-order valence-corrected chi connectivity index (χ2v) is 7.56. The SMILES string of the molecule is COC(=O)c1c(NC(=O)CCc2nc(-c3ccsc3)no2)sc(C)c1C. The van der Waals surface area contributed by atoms with Gasteiger partial charge in [0.05, 0.1) is 12.7 Å². The highest BCUT2D eigenvalue weighted by molar-refractivity contribution is 7.16. The Morgan fingerprint density at radius 2 is 2.15 bits per heavy atom. The van der Waals surface area contributed by atoms with E-state index in [-0.39, 0.29) is 12.3 Å². The van der Waals surface area contributed by atoms with Crippen molar-refractivity contribution in [3.63, 3.8) is 0 Å². The topological polar surface area (TPSA) is 94.3 Å². The van der Waals surface area contributed by atoms with Crippen LogP contribution in [0.3, 0.4) is 0 Å². The quantitative estimate of drug-likeness (QED) is 0.642. The summed E-state index contributed by atoms with van der Waals surface area (Å²) in [5, 5.41) is 11.1. The zero-order valence-corrected chi connectivity index (χ0v) is 16.1. The Kier molecular flexibility index (Phi) is 5.48. The number of thiophene rings is 2. The fraction of sp³-hybridized carbons (Fsp3) is 0.294. The molecule has 0 bridgehead atoms. The number of methoxy groups -OCH3 is 1. The molecule has 0 saturated heterocycles. The van der Waals surface area contributed by atoms with Gasteiger partial charge in [-0.05, 0) is 30.9 Å². The molecule has 7 nitrogen and oxygen atoms in total. The number of rotatable bonds is 6. The van der Waals surface area contributed by atoms with Gasteiger partial charge in [0.15, 0.2) is 0 Å². The molecule has 0 aliphatic rings. The van der Waals surface area contributed by atoms with E-state index in [0.717, 1.165) is 16.0 Å². The van der Waals surface area contributed by atoms with E-state index in [4.69, 9.17) is 9.26 Å². The van der Waals surface area contributed by atoms with Crippen LogP contribution in [0.5, 0.6) is 0 Å². The second-order valence-electron chi connectivity index (χ2n) is 5.55. The van der Waals surface area contributed by atoms with Gasteiger partial charge < -0.3 is 14.6 Å². The van der Waals surface area contributed by atoms with Crippen LogP contribution in [-0.4, -0.2) is 29.1 Å². The van der Waals surface area contributed by atoms with Crippen molar-refractivity contribution in [2.45, 2.75) is 26.7 Å². The molecule has 3 aromatic rings. The van der Waals surface area contributed by atoms with Gasteiger partial charge >= 0.3 is 5.97 Å². The van der Waals surface area contributed by atoms with Crippen LogP contribution in [0.15, 0.2) is 21.3 Å². The molecule has 3 heterocycles. The highest BCUT2D eigenvalue weighted by Crippen LogP contribution is 2.33. The molecule has 136 valence electrons. The Morgan fingerprint density at radius 1 is 1.35 bits per heavy atom. The zero-order valence-electron chi connectivity index (χ0n) is 14.5. The molecule has 1 N–H and O–H groups in total. The number of nitrogens with zero attached hydrogens (tertiary/aromatic N) is 2. The third kappa shape index (κ3) is 3.83. The van der Waals surface area contributed by atoms with Crippen molar-refractivity contribution in [1.82, 2.24) is 10.1 Å². The van der Waals surface area contributed by atoms with Gasteiger partial charge in [0.25, 0.3) is 0 Å². The average molecular weight is 391 g/mol. The number of aromatic nitrogens is 2. The maximum atomic E-state index is 12.3. The maximum Gasteiger partial charge on any atom is 0.341 e. The number of carbonyl (C=O) groups excluding carboxylic acids is 2. The van der Waals surface area contributed by atoms with Gasteiger partial charge in [-0.2, -0.15) is 16.3 Å². The third-order valence-electron chi connectivity index (χ3n) is 3.84. The molecule has 0 spiro atoms. The van der Waals surface area contributed by atoms with Crippen LogP contribution in [0.4, 0.5) is 5.00 Å². The number of anilines is 1. The van der Waals surface area contributed by atoms with Gasteiger partial charge in [-0.25, -0.2) is 4.79 Å². The number of hydrogen-bond acceptors (Lipinski definition) is 8. The van der Waals surface area contributed by atoms with Crippen LogP contribution >= 0.6 is 22.7 Å². The molecule has 0 aliphatic heterocycles. The van der Waals surface area contributed by atoms with Crippen LogP contribution < -0.4 is 5.32 Å². The molecule has 0 radical (unpaired) electrons. The van der Waals surface area contributed by atoms with Gasteiger partial charge in [-0.1, -0.05) is 5.16 Å². The summed E-state index contributed by atoms with van der Waals surface area (Å²) in [4.78, 5) is 29.4. The first kappa shape index (κ1) is 18.3. The molecule has 3 aromatic heterocycles. The standard InChI is InChI=1S/C17H17N3O4S2/c1-9-10(2)26-16(14(9)17(22)23-3)18-12(21)4-5-13-19-15(20-24-13)11-6-7-25-8-11/h6-8H,4-5H2,1-3H3,(H,18,21). The molecule has 0 aromatic carbocycles. The number of amides is 1. The van der Waals surface area contributed by atoms with Crippen LogP contribution in [0.1, 0.15) is 33.1 Å². The van der Waals surface area contributed by atoms with E-state index in [1.54, 1.807) is 11.3 Å². The van der Waals surface area contributed by atoms with Crippen molar-refractivity contribution in [3.05, 3.63) is 38.7 Å². The Morgan fingerprint density at radius 3 is 2.85 bits per heavy atom. The Hall–Kier alpha value is -2.52. The summed E-state index contributed by atoms with van der Waals surface area (Å²) in [6.45, 7) is 3.73. The van der Waals surface area contributed by atoms with Gasteiger partial charge in [-0.15, -0.1) is 11.3 Å². The lowest BCUT2D eigenvalue weighted by atomic mass is 10.1. The fourth-order valence-electron chi connectivity index (χ4n) is 2.34. The van der Waals surface area contributed by atoms with E-state index in [9.17, 15) is 9.59 Å².